The molecule has 0 saturated carbocycles. The Bertz CT molecular complexity index is 402. The van der Waals surface area contributed by atoms with Crippen LogP contribution in [0.1, 0.15) is 19.8 Å². The molecule has 21 heavy (non-hydrogen) atoms. The van der Waals surface area contributed by atoms with E-state index in [1.807, 2.05) is 19.0 Å². The standard InChI is InChI=1S/C13H26N6O2/c1-4-6-14-11-16-12(18-13(17-11)19(2)3)15-7-5-9-21-10-8-20/h20H,4-10H2,1-3H3,(H2,14,15,16,17,18). The fraction of sp³-hybridized carbons (Fsp3) is 0.769. The molecular weight excluding hydrogens is 272 g/mol. The van der Waals surface area contributed by atoms with Crippen LogP contribution < -0.4 is 15.5 Å². The largest absolute Gasteiger partial charge is 0.394 e. The number of aromatic nitrogens is 3. The van der Waals surface area contributed by atoms with Gasteiger partial charge in [0.05, 0.1) is 13.2 Å². The second kappa shape index (κ2) is 10.1. The van der Waals surface area contributed by atoms with Crippen LogP contribution in [0.25, 0.3) is 0 Å². The van der Waals surface area contributed by atoms with Gasteiger partial charge in [-0.25, -0.2) is 0 Å². The van der Waals surface area contributed by atoms with Crippen molar-refractivity contribution in [1.29, 1.82) is 0 Å². The highest BCUT2D eigenvalue weighted by molar-refractivity contribution is 5.42. The van der Waals surface area contributed by atoms with Crippen LogP contribution in [0.5, 0.6) is 0 Å². The van der Waals surface area contributed by atoms with Gasteiger partial charge in [0.25, 0.3) is 0 Å². The molecule has 0 fully saturated rings. The van der Waals surface area contributed by atoms with E-state index in [9.17, 15) is 0 Å². The molecule has 1 heterocycles. The Hall–Kier alpha value is -1.67. The van der Waals surface area contributed by atoms with Crippen LogP contribution in [0.2, 0.25) is 0 Å². The number of ether oxygens (including phenoxy) is 1. The lowest BCUT2D eigenvalue weighted by atomic mass is 10.4. The lowest BCUT2D eigenvalue weighted by Crippen LogP contribution is -2.18. The van der Waals surface area contributed by atoms with Crippen LogP contribution in [-0.4, -0.2) is 67.1 Å². The van der Waals surface area contributed by atoms with Crippen LogP contribution in [0.4, 0.5) is 17.8 Å². The van der Waals surface area contributed by atoms with E-state index in [0.29, 0.717) is 37.6 Å². The van der Waals surface area contributed by atoms with Crippen molar-refractivity contribution in [3.63, 3.8) is 0 Å². The predicted molar refractivity (Wildman–Crippen MR) is 83.9 cm³/mol. The highest BCUT2D eigenvalue weighted by Gasteiger charge is 2.07. The molecule has 0 bridgehead atoms. The van der Waals surface area contributed by atoms with Crippen molar-refractivity contribution in [2.24, 2.45) is 0 Å². The first kappa shape index (κ1) is 17.4. The Labute approximate surface area is 126 Å². The minimum absolute atomic E-state index is 0.0551. The number of aliphatic hydroxyl groups is 1. The molecular formula is C13H26N6O2. The summed E-state index contributed by atoms with van der Waals surface area (Å²) in [6, 6.07) is 0. The smallest absolute Gasteiger partial charge is 0.231 e. The van der Waals surface area contributed by atoms with Gasteiger partial charge >= 0.3 is 0 Å². The molecule has 0 aliphatic carbocycles. The average Bonchev–Trinajstić information content (AvgIpc) is 2.48. The number of aliphatic hydroxyl groups excluding tert-OH is 1. The van der Waals surface area contributed by atoms with Crippen LogP contribution in [0, 0.1) is 0 Å². The van der Waals surface area contributed by atoms with Crippen LogP contribution in [-0.2, 0) is 4.74 Å². The number of nitrogens with one attached hydrogen (secondary N) is 2. The molecule has 0 atom stereocenters. The van der Waals surface area contributed by atoms with Crippen molar-refractivity contribution in [2.45, 2.75) is 19.8 Å². The van der Waals surface area contributed by atoms with E-state index in [1.54, 1.807) is 0 Å². The summed E-state index contributed by atoms with van der Waals surface area (Å²) in [4.78, 5) is 14.9. The Morgan fingerprint density at radius 1 is 1.05 bits per heavy atom. The van der Waals surface area contributed by atoms with Gasteiger partial charge in [0.2, 0.25) is 17.8 Å². The van der Waals surface area contributed by atoms with Gasteiger partial charge in [0.1, 0.15) is 0 Å². The Balaban J connectivity index is 2.52. The molecule has 0 saturated heterocycles. The average molecular weight is 298 g/mol. The molecule has 0 spiro atoms. The van der Waals surface area contributed by atoms with Gasteiger partial charge in [-0.2, -0.15) is 15.0 Å². The summed E-state index contributed by atoms with van der Waals surface area (Å²) in [5, 5.41) is 14.9. The summed E-state index contributed by atoms with van der Waals surface area (Å²) in [7, 11) is 3.79. The second-order valence-corrected chi connectivity index (χ2v) is 4.72. The molecule has 0 aliphatic heterocycles. The second-order valence-electron chi connectivity index (χ2n) is 4.72. The van der Waals surface area contributed by atoms with Gasteiger partial charge in [-0.3, -0.25) is 0 Å². The Morgan fingerprint density at radius 2 is 1.71 bits per heavy atom. The molecule has 8 heteroatoms. The minimum Gasteiger partial charge on any atom is -0.394 e. The van der Waals surface area contributed by atoms with E-state index in [-0.39, 0.29) is 6.61 Å². The first-order valence-electron chi connectivity index (χ1n) is 7.27. The van der Waals surface area contributed by atoms with Gasteiger partial charge in [0.15, 0.2) is 0 Å². The van der Waals surface area contributed by atoms with E-state index in [0.717, 1.165) is 19.4 Å². The number of hydrogen-bond donors (Lipinski definition) is 3. The number of hydrogen-bond acceptors (Lipinski definition) is 8. The van der Waals surface area contributed by atoms with Crippen molar-refractivity contribution in [1.82, 2.24) is 15.0 Å². The zero-order valence-corrected chi connectivity index (χ0v) is 13.1. The van der Waals surface area contributed by atoms with Gasteiger partial charge in [0, 0.05) is 33.8 Å². The lowest BCUT2D eigenvalue weighted by Gasteiger charge is -2.14. The van der Waals surface area contributed by atoms with Gasteiger partial charge < -0.3 is 25.4 Å². The first-order chi connectivity index (χ1) is 10.2. The van der Waals surface area contributed by atoms with E-state index in [2.05, 4.69) is 32.5 Å². The summed E-state index contributed by atoms with van der Waals surface area (Å²) >= 11 is 0. The maximum atomic E-state index is 8.61. The van der Waals surface area contributed by atoms with E-state index in [1.165, 1.54) is 0 Å². The zero-order chi connectivity index (χ0) is 15.5. The zero-order valence-electron chi connectivity index (χ0n) is 13.1. The lowest BCUT2D eigenvalue weighted by molar-refractivity contribution is 0.0921. The van der Waals surface area contributed by atoms with Crippen molar-refractivity contribution in [3.8, 4) is 0 Å². The maximum Gasteiger partial charge on any atom is 0.231 e. The molecule has 3 N–H and O–H groups in total. The minimum atomic E-state index is 0.0551. The van der Waals surface area contributed by atoms with Crippen molar-refractivity contribution < 1.29 is 9.84 Å². The number of rotatable bonds is 11. The van der Waals surface area contributed by atoms with Crippen molar-refractivity contribution >= 4 is 17.8 Å². The third-order valence-electron chi connectivity index (χ3n) is 2.54. The van der Waals surface area contributed by atoms with Crippen molar-refractivity contribution in [2.75, 3.05) is 62.5 Å². The summed E-state index contributed by atoms with van der Waals surface area (Å²) < 4.78 is 5.20. The van der Waals surface area contributed by atoms with E-state index >= 15 is 0 Å². The quantitative estimate of drug-likeness (QED) is 0.510. The first-order valence-corrected chi connectivity index (χ1v) is 7.27. The third kappa shape index (κ3) is 7.05. The summed E-state index contributed by atoms with van der Waals surface area (Å²) in [5.41, 5.74) is 0. The van der Waals surface area contributed by atoms with Crippen LogP contribution in [0.3, 0.4) is 0 Å². The highest BCUT2D eigenvalue weighted by atomic mass is 16.5. The van der Waals surface area contributed by atoms with Gasteiger partial charge in [-0.1, -0.05) is 6.92 Å². The van der Waals surface area contributed by atoms with Gasteiger partial charge in [-0.15, -0.1) is 0 Å². The topological polar surface area (TPSA) is 95.4 Å². The molecule has 0 aliphatic rings. The molecule has 0 amide bonds. The molecule has 0 radical (unpaired) electrons. The predicted octanol–water partition coefficient (Wildman–Crippen LogP) is 0.570. The highest BCUT2D eigenvalue weighted by Crippen LogP contribution is 2.11. The molecule has 0 aromatic carbocycles. The van der Waals surface area contributed by atoms with Crippen LogP contribution in [0.15, 0.2) is 0 Å². The molecule has 120 valence electrons. The molecule has 1 aromatic heterocycles. The summed E-state index contributed by atoms with van der Waals surface area (Å²) in [6.45, 7) is 4.65. The summed E-state index contributed by atoms with van der Waals surface area (Å²) in [5.74, 6) is 1.74. The third-order valence-corrected chi connectivity index (χ3v) is 2.54. The fourth-order valence-electron chi connectivity index (χ4n) is 1.50. The molecule has 0 unspecified atom stereocenters. The normalized spacial score (nSPS) is 10.5. The monoisotopic (exact) mass is 298 g/mol. The van der Waals surface area contributed by atoms with E-state index < -0.39 is 0 Å². The fourth-order valence-corrected chi connectivity index (χ4v) is 1.50. The SMILES string of the molecule is CCCNc1nc(NCCCOCCO)nc(N(C)C)n1. The molecule has 8 nitrogen and oxygen atoms in total. The maximum absolute atomic E-state index is 8.61. The van der Waals surface area contributed by atoms with Gasteiger partial charge in [-0.05, 0) is 12.8 Å². The Kier molecular flexibility index (Phi) is 8.37. The summed E-state index contributed by atoms with van der Waals surface area (Å²) in [6.07, 6.45) is 1.83. The van der Waals surface area contributed by atoms with E-state index in [4.69, 9.17) is 9.84 Å². The number of anilines is 3. The molecule has 1 aromatic rings. The van der Waals surface area contributed by atoms with Crippen LogP contribution >= 0.6 is 0 Å². The number of nitrogens with zero attached hydrogens (tertiary/aromatic N) is 4. The molecule has 1 rings (SSSR count). The van der Waals surface area contributed by atoms with Crippen molar-refractivity contribution in [3.05, 3.63) is 0 Å². The Morgan fingerprint density at radius 3 is 2.29 bits per heavy atom.